The number of Topliss-reactive ketones (excluding diaryl/α,β-unsaturated/α-hetero) is 1. The van der Waals surface area contributed by atoms with Gasteiger partial charge in [0, 0.05) is 31.1 Å². The molecule has 1 saturated heterocycles. The van der Waals surface area contributed by atoms with Crippen molar-refractivity contribution >= 4 is 5.78 Å². The van der Waals surface area contributed by atoms with Crippen LogP contribution >= 0.6 is 0 Å². The molecule has 1 aliphatic heterocycles. The first-order valence-corrected chi connectivity index (χ1v) is 9.94. The van der Waals surface area contributed by atoms with Crippen LogP contribution in [-0.4, -0.2) is 33.9 Å². The molecule has 4 rings (SSSR count). The van der Waals surface area contributed by atoms with E-state index in [2.05, 4.69) is 27.2 Å². The molecule has 0 aliphatic carbocycles. The summed E-state index contributed by atoms with van der Waals surface area (Å²) in [5, 5.41) is 4.14. The molecule has 3 heterocycles. The standard InChI is InChI=1S/C23H25N3O2/c27-23(12-11-18-7-2-1-3-8-18)19-9-6-14-26(16-19)17-20-15-22(25-28-20)21-10-4-5-13-24-21/h1-5,7-8,10,13,15,19H,6,9,11-12,14,16-17H2. The van der Waals surface area contributed by atoms with Crippen molar-refractivity contribution in [1.82, 2.24) is 15.0 Å². The number of ketones is 1. The molecule has 1 unspecified atom stereocenters. The van der Waals surface area contributed by atoms with E-state index < -0.39 is 0 Å². The molecule has 1 aliphatic rings. The topological polar surface area (TPSA) is 59.2 Å². The Kier molecular flexibility index (Phi) is 5.92. The monoisotopic (exact) mass is 375 g/mol. The van der Waals surface area contributed by atoms with Crippen molar-refractivity contribution in [3.8, 4) is 11.4 Å². The predicted octanol–water partition coefficient (Wildman–Crippen LogP) is 4.15. The maximum atomic E-state index is 12.7. The van der Waals surface area contributed by atoms with Crippen LogP contribution in [0.15, 0.2) is 65.3 Å². The first-order valence-electron chi connectivity index (χ1n) is 9.94. The van der Waals surface area contributed by atoms with Crippen molar-refractivity contribution in [1.29, 1.82) is 0 Å². The lowest BCUT2D eigenvalue weighted by Crippen LogP contribution is -2.38. The van der Waals surface area contributed by atoms with Gasteiger partial charge in [0.05, 0.1) is 12.2 Å². The van der Waals surface area contributed by atoms with Gasteiger partial charge >= 0.3 is 0 Å². The lowest BCUT2D eigenvalue weighted by Gasteiger charge is -2.31. The Morgan fingerprint density at radius 3 is 2.79 bits per heavy atom. The highest BCUT2D eigenvalue weighted by Crippen LogP contribution is 2.23. The highest BCUT2D eigenvalue weighted by Gasteiger charge is 2.26. The van der Waals surface area contributed by atoms with E-state index in [1.807, 2.05) is 42.5 Å². The zero-order valence-corrected chi connectivity index (χ0v) is 16.0. The number of hydrogen-bond donors (Lipinski definition) is 0. The minimum atomic E-state index is 0.121. The summed E-state index contributed by atoms with van der Waals surface area (Å²) in [7, 11) is 0. The van der Waals surface area contributed by atoms with Gasteiger partial charge in [-0.25, -0.2) is 0 Å². The molecule has 0 saturated carbocycles. The second kappa shape index (κ2) is 8.93. The van der Waals surface area contributed by atoms with Crippen molar-refractivity contribution in [2.75, 3.05) is 13.1 Å². The van der Waals surface area contributed by atoms with Gasteiger partial charge in [-0.15, -0.1) is 0 Å². The molecular formula is C23H25N3O2. The molecule has 5 nitrogen and oxygen atoms in total. The lowest BCUT2D eigenvalue weighted by atomic mass is 9.90. The Balaban J connectivity index is 1.31. The predicted molar refractivity (Wildman–Crippen MR) is 108 cm³/mol. The summed E-state index contributed by atoms with van der Waals surface area (Å²) < 4.78 is 5.51. The Morgan fingerprint density at radius 1 is 1.11 bits per heavy atom. The van der Waals surface area contributed by atoms with Crippen molar-refractivity contribution in [2.24, 2.45) is 5.92 Å². The molecule has 0 bridgehead atoms. The summed E-state index contributed by atoms with van der Waals surface area (Å²) >= 11 is 0. The summed E-state index contributed by atoms with van der Waals surface area (Å²) in [6.07, 6.45) is 5.23. The van der Waals surface area contributed by atoms with Crippen molar-refractivity contribution in [2.45, 2.75) is 32.2 Å². The Labute approximate surface area is 165 Å². The molecule has 5 heteroatoms. The van der Waals surface area contributed by atoms with Gasteiger partial charge in [0.1, 0.15) is 11.5 Å². The van der Waals surface area contributed by atoms with Crippen LogP contribution in [0, 0.1) is 5.92 Å². The fraction of sp³-hybridized carbons (Fsp3) is 0.348. The number of benzene rings is 1. The van der Waals surface area contributed by atoms with Crippen LogP contribution < -0.4 is 0 Å². The van der Waals surface area contributed by atoms with Gasteiger partial charge in [-0.1, -0.05) is 41.6 Å². The summed E-state index contributed by atoms with van der Waals surface area (Å²) in [4.78, 5) is 19.3. The maximum absolute atomic E-state index is 12.7. The largest absolute Gasteiger partial charge is 0.359 e. The summed E-state index contributed by atoms with van der Waals surface area (Å²) in [5.74, 6) is 1.31. The second-order valence-corrected chi connectivity index (χ2v) is 7.42. The van der Waals surface area contributed by atoms with E-state index in [0.29, 0.717) is 18.7 Å². The number of rotatable bonds is 7. The molecule has 28 heavy (non-hydrogen) atoms. The van der Waals surface area contributed by atoms with E-state index >= 15 is 0 Å². The van der Waals surface area contributed by atoms with Crippen molar-refractivity contribution in [3.05, 3.63) is 72.1 Å². The molecule has 0 N–H and O–H groups in total. The third-order valence-electron chi connectivity index (χ3n) is 5.33. The molecule has 0 spiro atoms. The first kappa shape index (κ1) is 18.6. The quantitative estimate of drug-likeness (QED) is 0.621. The van der Waals surface area contributed by atoms with Gasteiger partial charge in [0.25, 0.3) is 0 Å². The Hall–Kier alpha value is -2.79. The van der Waals surface area contributed by atoms with Crippen LogP contribution in [0.4, 0.5) is 0 Å². The number of aryl methyl sites for hydroxylation is 1. The van der Waals surface area contributed by atoms with Gasteiger partial charge < -0.3 is 4.52 Å². The van der Waals surface area contributed by atoms with E-state index in [4.69, 9.17) is 4.52 Å². The fourth-order valence-corrected chi connectivity index (χ4v) is 3.82. The van der Waals surface area contributed by atoms with Crippen molar-refractivity contribution in [3.63, 3.8) is 0 Å². The van der Waals surface area contributed by atoms with Crippen LogP contribution in [-0.2, 0) is 17.8 Å². The van der Waals surface area contributed by atoms with E-state index in [9.17, 15) is 4.79 Å². The Morgan fingerprint density at radius 2 is 1.96 bits per heavy atom. The summed E-state index contributed by atoms with van der Waals surface area (Å²) in [6, 6.07) is 17.9. The van der Waals surface area contributed by atoms with Gasteiger partial charge in [-0.2, -0.15) is 0 Å². The molecule has 1 atom stereocenters. The zero-order chi connectivity index (χ0) is 19.2. The van der Waals surface area contributed by atoms with Crippen LogP contribution in [0.5, 0.6) is 0 Å². The molecule has 3 aromatic rings. The number of hydrogen-bond acceptors (Lipinski definition) is 5. The number of nitrogens with zero attached hydrogens (tertiary/aromatic N) is 3. The average Bonchev–Trinajstić information content (AvgIpc) is 3.22. The minimum Gasteiger partial charge on any atom is -0.359 e. The molecule has 2 aromatic heterocycles. The number of piperidine rings is 1. The summed E-state index contributed by atoms with van der Waals surface area (Å²) in [5.41, 5.74) is 2.79. The molecule has 0 radical (unpaired) electrons. The van der Waals surface area contributed by atoms with Crippen LogP contribution in [0.2, 0.25) is 0 Å². The highest BCUT2D eigenvalue weighted by atomic mass is 16.5. The zero-order valence-electron chi connectivity index (χ0n) is 16.0. The molecule has 1 aromatic carbocycles. The van der Waals surface area contributed by atoms with Gasteiger partial charge in [-0.05, 0) is 43.5 Å². The minimum absolute atomic E-state index is 0.121. The average molecular weight is 375 g/mol. The molecule has 144 valence electrons. The van der Waals surface area contributed by atoms with Crippen molar-refractivity contribution < 1.29 is 9.32 Å². The first-order chi connectivity index (χ1) is 13.8. The maximum Gasteiger partial charge on any atom is 0.151 e. The van der Waals surface area contributed by atoms with E-state index in [1.165, 1.54) is 5.56 Å². The van der Waals surface area contributed by atoms with Crippen LogP contribution in [0.25, 0.3) is 11.4 Å². The molecule has 1 fully saturated rings. The number of carbonyl (C=O) groups excluding carboxylic acids is 1. The number of likely N-dealkylation sites (tertiary alicyclic amines) is 1. The van der Waals surface area contributed by atoms with Gasteiger partial charge in [0.15, 0.2) is 5.76 Å². The van der Waals surface area contributed by atoms with Crippen LogP contribution in [0.1, 0.15) is 30.6 Å². The van der Waals surface area contributed by atoms with Gasteiger partial charge in [0.2, 0.25) is 0 Å². The third-order valence-corrected chi connectivity index (χ3v) is 5.33. The normalized spacial score (nSPS) is 17.5. The van der Waals surface area contributed by atoms with E-state index in [0.717, 1.165) is 49.5 Å². The fourth-order valence-electron chi connectivity index (χ4n) is 3.82. The number of carbonyl (C=O) groups is 1. The Bertz CT molecular complexity index is 892. The molecular weight excluding hydrogens is 350 g/mol. The highest BCUT2D eigenvalue weighted by molar-refractivity contribution is 5.81. The second-order valence-electron chi connectivity index (χ2n) is 7.42. The lowest BCUT2D eigenvalue weighted by molar-refractivity contribution is -0.124. The number of pyridine rings is 1. The number of aromatic nitrogens is 2. The molecule has 0 amide bonds. The van der Waals surface area contributed by atoms with E-state index in [1.54, 1.807) is 6.20 Å². The summed E-state index contributed by atoms with van der Waals surface area (Å²) in [6.45, 7) is 2.47. The SMILES string of the molecule is O=C(CCc1ccccc1)C1CCCN(Cc2cc(-c3ccccn3)no2)C1. The van der Waals surface area contributed by atoms with E-state index in [-0.39, 0.29) is 5.92 Å². The third kappa shape index (κ3) is 4.73. The smallest absolute Gasteiger partial charge is 0.151 e. The van der Waals surface area contributed by atoms with Crippen LogP contribution in [0.3, 0.4) is 0 Å². The van der Waals surface area contributed by atoms with Gasteiger partial charge in [-0.3, -0.25) is 14.7 Å².